The number of carbonyl (C=O) groups is 1. The number of hydrogen-bond acceptors (Lipinski definition) is 3. The average Bonchev–Trinajstić information content (AvgIpc) is 2.63. The molecule has 2 heterocycles. The number of halogens is 1. The molecule has 7 heteroatoms. The molecule has 1 aliphatic heterocycles. The van der Waals surface area contributed by atoms with E-state index in [4.69, 9.17) is 11.6 Å². The van der Waals surface area contributed by atoms with Crippen LogP contribution in [-0.2, 0) is 11.3 Å². The van der Waals surface area contributed by atoms with Gasteiger partial charge >= 0.3 is 0 Å². The Morgan fingerprint density at radius 3 is 2.92 bits per heavy atom. The zero-order valence-electron chi connectivity index (χ0n) is 13.9. The number of guanidine groups is 1. The zero-order chi connectivity index (χ0) is 17.6. The lowest BCUT2D eigenvalue weighted by atomic mass is 9.90. The van der Waals surface area contributed by atoms with Gasteiger partial charge in [0.1, 0.15) is 5.15 Å². The number of hydrogen-bond donors (Lipinski definition) is 3. The molecule has 2 aromatic rings. The van der Waals surface area contributed by atoms with Crippen molar-refractivity contribution >= 4 is 29.2 Å². The highest BCUT2D eigenvalue weighted by atomic mass is 35.5. The van der Waals surface area contributed by atoms with Crippen LogP contribution in [0.4, 0.5) is 5.69 Å². The van der Waals surface area contributed by atoms with Crippen LogP contribution in [0.15, 0.2) is 47.6 Å². The first-order chi connectivity index (χ1) is 12.2. The van der Waals surface area contributed by atoms with Gasteiger partial charge in [-0.25, -0.2) is 4.98 Å². The minimum absolute atomic E-state index is 0.0423. The lowest BCUT2D eigenvalue weighted by Crippen LogP contribution is -2.40. The van der Waals surface area contributed by atoms with Crippen LogP contribution in [0.3, 0.4) is 0 Å². The number of pyridine rings is 1. The fourth-order valence-corrected chi connectivity index (χ4v) is 2.93. The molecular weight excluding hydrogens is 338 g/mol. The number of rotatable bonds is 4. The van der Waals surface area contributed by atoms with Crippen molar-refractivity contribution in [2.45, 2.75) is 18.9 Å². The summed E-state index contributed by atoms with van der Waals surface area (Å²) in [4.78, 5) is 20.2. The minimum atomic E-state index is 0.0423. The lowest BCUT2D eigenvalue weighted by Gasteiger charge is -2.26. The summed E-state index contributed by atoms with van der Waals surface area (Å²) in [7, 11) is 1.72. The molecule has 1 amide bonds. The van der Waals surface area contributed by atoms with Gasteiger partial charge in [0.15, 0.2) is 5.96 Å². The van der Waals surface area contributed by atoms with Gasteiger partial charge in [-0.2, -0.15) is 0 Å². The SMILES string of the molecule is CN=C(NCc1ccc(Cl)nc1)NCC1CC(=O)Nc2ccccc21. The maximum Gasteiger partial charge on any atom is 0.225 e. The van der Waals surface area contributed by atoms with Gasteiger partial charge in [0.05, 0.1) is 0 Å². The molecule has 6 nitrogen and oxygen atoms in total. The lowest BCUT2D eigenvalue weighted by molar-refractivity contribution is -0.116. The number of nitrogens with one attached hydrogen (secondary N) is 3. The Bertz CT molecular complexity index is 775. The second-order valence-corrected chi connectivity index (χ2v) is 6.22. The summed E-state index contributed by atoms with van der Waals surface area (Å²) in [5.41, 5.74) is 3.04. The second-order valence-electron chi connectivity index (χ2n) is 5.83. The Morgan fingerprint density at radius 2 is 2.16 bits per heavy atom. The van der Waals surface area contributed by atoms with Gasteiger partial charge in [-0.3, -0.25) is 9.79 Å². The van der Waals surface area contributed by atoms with Crippen LogP contribution in [0.1, 0.15) is 23.5 Å². The second kappa shape index (κ2) is 7.98. The number of fused-ring (bicyclic) bond motifs is 1. The van der Waals surface area contributed by atoms with E-state index in [1.807, 2.05) is 24.3 Å². The minimum Gasteiger partial charge on any atom is -0.356 e. The van der Waals surface area contributed by atoms with E-state index in [-0.39, 0.29) is 11.8 Å². The molecule has 1 aromatic carbocycles. The first-order valence-corrected chi connectivity index (χ1v) is 8.47. The number of anilines is 1. The quantitative estimate of drug-likeness (QED) is 0.446. The van der Waals surface area contributed by atoms with Crippen LogP contribution < -0.4 is 16.0 Å². The molecule has 0 fully saturated rings. The predicted molar refractivity (Wildman–Crippen MR) is 99.9 cm³/mol. The topological polar surface area (TPSA) is 78.4 Å². The third-order valence-electron chi connectivity index (χ3n) is 4.09. The molecule has 1 aliphatic rings. The van der Waals surface area contributed by atoms with E-state index in [1.165, 1.54) is 0 Å². The fraction of sp³-hybridized carbons (Fsp3) is 0.278. The highest BCUT2D eigenvalue weighted by Gasteiger charge is 2.24. The van der Waals surface area contributed by atoms with Crippen molar-refractivity contribution < 1.29 is 4.79 Å². The Balaban J connectivity index is 1.58. The highest BCUT2D eigenvalue weighted by molar-refractivity contribution is 6.29. The molecule has 0 bridgehead atoms. The summed E-state index contributed by atoms with van der Waals surface area (Å²) >= 11 is 5.79. The molecule has 1 aromatic heterocycles. The highest BCUT2D eigenvalue weighted by Crippen LogP contribution is 2.31. The van der Waals surface area contributed by atoms with Gasteiger partial charge < -0.3 is 16.0 Å². The average molecular weight is 358 g/mol. The fourth-order valence-electron chi connectivity index (χ4n) is 2.82. The number of amides is 1. The van der Waals surface area contributed by atoms with Crippen molar-refractivity contribution in [2.24, 2.45) is 4.99 Å². The standard InChI is InChI=1S/C18H20ClN5O/c1-20-18(22-10-12-6-7-16(19)21-9-12)23-11-13-8-17(25)24-15-5-3-2-4-14(13)15/h2-7,9,13H,8,10-11H2,1H3,(H,24,25)(H2,20,22,23). The Kier molecular flexibility index (Phi) is 5.50. The number of nitrogens with zero attached hydrogens (tertiary/aromatic N) is 2. The molecule has 3 N–H and O–H groups in total. The molecule has 0 spiro atoms. The van der Waals surface area contributed by atoms with E-state index in [2.05, 4.69) is 32.0 Å². The van der Waals surface area contributed by atoms with E-state index in [0.717, 1.165) is 16.8 Å². The molecule has 1 atom stereocenters. The number of carbonyl (C=O) groups excluding carboxylic acids is 1. The van der Waals surface area contributed by atoms with E-state index >= 15 is 0 Å². The molecule has 1 unspecified atom stereocenters. The first kappa shape index (κ1) is 17.2. The molecule has 0 saturated heterocycles. The normalized spacial score (nSPS) is 16.8. The summed E-state index contributed by atoms with van der Waals surface area (Å²) in [6.07, 6.45) is 2.19. The van der Waals surface area contributed by atoms with E-state index < -0.39 is 0 Å². The van der Waals surface area contributed by atoms with Crippen LogP contribution >= 0.6 is 11.6 Å². The maximum atomic E-state index is 11.9. The third-order valence-corrected chi connectivity index (χ3v) is 4.32. The first-order valence-electron chi connectivity index (χ1n) is 8.09. The number of para-hydroxylation sites is 1. The molecule has 0 aliphatic carbocycles. The van der Waals surface area contributed by atoms with Gasteiger partial charge in [0, 0.05) is 44.4 Å². The van der Waals surface area contributed by atoms with Crippen molar-refractivity contribution in [3.8, 4) is 0 Å². The maximum absolute atomic E-state index is 11.9. The van der Waals surface area contributed by atoms with Gasteiger partial charge in [-0.1, -0.05) is 35.9 Å². The molecule has 0 radical (unpaired) electrons. The smallest absolute Gasteiger partial charge is 0.225 e. The van der Waals surface area contributed by atoms with Crippen LogP contribution in [0.25, 0.3) is 0 Å². The van der Waals surface area contributed by atoms with E-state index in [1.54, 1.807) is 19.3 Å². The largest absolute Gasteiger partial charge is 0.356 e. The molecule has 25 heavy (non-hydrogen) atoms. The van der Waals surface area contributed by atoms with Crippen molar-refractivity contribution in [3.05, 3.63) is 58.9 Å². The number of benzene rings is 1. The van der Waals surface area contributed by atoms with Crippen molar-refractivity contribution in [2.75, 3.05) is 18.9 Å². The van der Waals surface area contributed by atoms with Gasteiger partial charge in [-0.05, 0) is 23.3 Å². The van der Waals surface area contributed by atoms with E-state index in [9.17, 15) is 4.79 Å². The Morgan fingerprint density at radius 1 is 1.32 bits per heavy atom. The van der Waals surface area contributed by atoms with Crippen LogP contribution in [0.5, 0.6) is 0 Å². The van der Waals surface area contributed by atoms with Crippen molar-refractivity contribution in [1.29, 1.82) is 0 Å². The summed E-state index contributed by atoms with van der Waals surface area (Å²) in [5, 5.41) is 9.91. The van der Waals surface area contributed by atoms with Gasteiger partial charge in [-0.15, -0.1) is 0 Å². The van der Waals surface area contributed by atoms with Crippen LogP contribution in [-0.4, -0.2) is 30.4 Å². The summed E-state index contributed by atoms with van der Waals surface area (Å²) in [5.74, 6) is 0.833. The Hall–Kier alpha value is -2.60. The molecular formula is C18H20ClN5O. The third kappa shape index (κ3) is 4.48. The van der Waals surface area contributed by atoms with E-state index in [0.29, 0.717) is 30.6 Å². The molecule has 3 rings (SSSR count). The zero-order valence-corrected chi connectivity index (χ0v) is 14.7. The summed E-state index contributed by atoms with van der Waals surface area (Å²) in [6, 6.07) is 11.6. The summed E-state index contributed by atoms with van der Waals surface area (Å²) < 4.78 is 0. The molecule has 130 valence electrons. The van der Waals surface area contributed by atoms with Gasteiger partial charge in [0.25, 0.3) is 0 Å². The Labute approximate surface area is 151 Å². The number of aromatic nitrogens is 1. The van der Waals surface area contributed by atoms with Crippen LogP contribution in [0, 0.1) is 0 Å². The van der Waals surface area contributed by atoms with Gasteiger partial charge in [0.2, 0.25) is 5.91 Å². The summed E-state index contributed by atoms with van der Waals surface area (Å²) in [6.45, 7) is 1.22. The van der Waals surface area contributed by atoms with Crippen molar-refractivity contribution in [1.82, 2.24) is 15.6 Å². The van der Waals surface area contributed by atoms with Crippen molar-refractivity contribution in [3.63, 3.8) is 0 Å². The molecule has 0 saturated carbocycles. The monoisotopic (exact) mass is 357 g/mol. The predicted octanol–water partition coefficient (Wildman–Crippen LogP) is 2.53. The van der Waals surface area contributed by atoms with Crippen LogP contribution in [0.2, 0.25) is 5.15 Å². The number of aliphatic imine (C=N–C) groups is 1.